The average molecular weight is 355 g/mol. The monoisotopic (exact) mass is 355 g/mol. The highest BCUT2D eigenvalue weighted by molar-refractivity contribution is 5.97. The topological polar surface area (TPSA) is 90.8 Å². The molecule has 1 aliphatic heterocycles. The highest BCUT2D eigenvalue weighted by Crippen LogP contribution is 2.38. The molecule has 0 bridgehead atoms. The zero-order valence-corrected chi connectivity index (χ0v) is 14.3. The van der Waals surface area contributed by atoms with Crippen molar-refractivity contribution >= 4 is 11.6 Å². The van der Waals surface area contributed by atoms with Gasteiger partial charge in [-0.05, 0) is 24.3 Å². The number of ether oxygens (including phenoxy) is 2. The minimum absolute atomic E-state index is 0.0252. The van der Waals surface area contributed by atoms with Gasteiger partial charge in [0.1, 0.15) is 11.5 Å². The second-order valence-electron chi connectivity index (χ2n) is 5.88. The highest BCUT2D eigenvalue weighted by Gasteiger charge is 2.36. The number of hydrogen-bond acceptors (Lipinski definition) is 7. The van der Waals surface area contributed by atoms with E-state index in [1.165, 1.54) is 6.26 Å². The van der Waals surface area contributed by atoms with Gasteiger partial charge in [0.25, 0.3) is 5.89 Å². The van der Waals surface area contributed by atoms with Crippen LogP contribution in [0.2, 0.25) is 0 Å². The summed E-state index contributed by atoms with van der Waals surface area (Å²) < 4.78 is 21.1. The lowest BCUT2D eigenvalue weighted by Crippen LogP contribution is -2.24. The molecule has 1 saturated heterocycles. The van der Waals surface area contributed by atoms with E-state index < -0.39 is 0 Å². The first-order valence-corrected chi connectivity index (χ1v) is 8.09. The maximum atomic E-state index is 12.6. The zero-order chi connectivity index (χ0) is 18.1. The molecule has 0 aliphatic carbocycles. The summed E-state index contributed by atoms with van der Waals surface area (Å²) >= 11 is 0. The van der Waals surface area contributed by atoms with Gasteiger partial charge in [0.05, 0.1) is 26.2 Å². The third-order valence-electron chi connectivity index (χ3n) is 4.34. The van der Waals surface area contributed by atoms with Crippen LogP contribution in [-0.2, 0) is 4.79 Å². The van der Waals surface area contributed by atoms with Gasteiger partial charge in [-0.25, -0.2) is 0 Å². The molecule has 4 rings (SSSR count). The Bertz CT molecular complexity index is 919. The SMILES string of the molecule is COc1ccc(N2CC(c3noc(-c4ccco4)n3)CC2=O)c(OC)c1. The summed E-state index contributed by atoms with van der Waals surface area (Å²) in [5, 5.41) is 4.01. The van der Waals surface area contributed by atoms with E-state index in [0.29, 0.717) is 47.6 Å². The lowest BCUT2D eigenvalue weighted by Gasteiger charge is -2.19. The van der Waals surface area contributed by atoms with Crippen molar-refractivity contribution < 1.29 is 23.2 Å². The second-order valence-corrected chi connectivity index (χ2v) is 5.88. The first kappa shape index (κ1) is 16.2. The zero-order valence-electron chi connectivity index (χ0n) is 14.3. The largest absolute Gasteiger partial charge is 0.497 e. The maximum Gasteiger partial charge on any atom is 0.293 e. The molecule has 1 atom stereocenters. The Balaban J connectivity index is 1.58. The first-order chi connectivity index (χ1) is 12.7. The van der Waals surface area contributed by atoms with Crippen molar-refractivity contribution in [3.63, 3.8) is 0 Å². The number of rotatable bonds is 5. The lowest BCUT2D eigenvalue weighted by molar-refractivity contribution is -0.117. The van der Waals surface area contributed by atoms with E-state index in [1.54, 1.807) is 43.4 Å². The number of aromatic nitrogens is 2. The number of amides is 1. The van der Waals surface area contributed by atoms with Crippen molar-refractivity contribution in [1.29, 1.82) is 0 Å². The van der Waals surface area contributed by atoms with Crippen molar-refractivity contribution in [3.05, 3.63) is 42.4 Å². The number of carbonyl (C=O) groups excluding carboxylic acids is 1. The van der Waals surface area contributed by atoms with E-state index in [1.807, 2.05) is 6.07 Å². The second kappa shape index (κ2) is 6.55. The summed E-state index contributed by atoms with van der Waals surface area (Å²) in [6.45, 7) is 0.443. The molecule has 3 heterocycles. The summed E-state index contributed by atoms with van der Waals surface area (Å²) in [6.07, 6.45) is 1.84. The van der Waals surface area contributed by atoms with Gasteiger partial charge in [0.2, 0.25) is 5.91 Å². The molecule has 26 heavy (non-hydrogen) atoms. The predicted octanol–water partition coefficient (Wildman–Crippen LogP) is 2.87. The molecule has 0 spiro atoms. The molecule has 2 aromatic heterocycles. The molecule has 0 saturated carbocycles. The molecule has 134 valence electrons. The summed E-state index contributed by atoms with van der Waals surface area (Å²) in [4.78, 5) is 18.6. The number of anilines is 1. The molecular formula is C18H17N3O5. The van der Waals surface area contributed by atoms with Crippen molar-refractivity contribution in [2.75, 3.05) is 25.7 Å². The fourth-order valence-corrected chi connectivity index (χ4v) is 3.02. The number of hydrogen-bond donors (Lipinski definition) is 0. The molecule has 0 N–H and O–H groups in total. The van der Waals surface area contributed by atoms with Crippen LogP contribution in [-0.4, -0.2) is 36.8 Å². The molecule has 1 aliphatic rings. The summed E-state index contributed by atoms with van der Waals surface area (Å²) in [7, 11) is 3.14. The number of nitrogens with zero attached hydrogens (tertiary/aromatic N) is 3. The fraction of sp³-hybridized carbons (Fsp3) is 0.278. The molecule has 1 aromatic carbocycles. The van der Waals surface area contributed by atoms with E-state index in [4.69, 9.17) is 18.4 Å². The van der Waals surface area contributed by atoms with E-state index in [2.05, 4.69) is 10.1 Å². The predicted molar refractivity (Wildman–Crippen MR) is 91.3 cm³/mol. The highest BCUT2D eigenvalue weighted by atomic mass is 16.5. The van der Waals surface area contributed by atoms with Crippen LogP contribution in [0.3, 0.4) is 0 Å². The van der Waals surface area contributed by atoms with Crippen molar-refractivity contribution in [2.45, 2.75) is 12.3 Å². The minimum atomic E-state index is -0.165. The van der Waals surface area contributed by atoms with Gasteiger partial charge in [-0.15, -0.1) is 0 Å². The van der Waals surface area contributed by atoms with E-state index in [0.717, 1.165) is 0 Å². The smallest absolute Gasteiger partial charge is 0.293 e. The molecule has 1 fully saturated rings. The summed E-state index contributed by atoms with van der Waals surface area (Å²) in [5.41, 5.74) is 0.690. The van der Waals surface area contributed by atoms with Crippen molar-refractivity contribution in [2.24, 2.45) is 0 Å². The van der Waals surface area contributed by atoms with E-state index in [-0.39, 0.29) is 11.8 Å². The van der Waals surface area contributed by atoms with E-state index in [9.17, 15) is 4.79 Å². The average Bonchev–Trinajstić information content (AvgIpc) is 3.41. The van der Waals surface area contributed by atoms with E-state index >= 15 is 0 Å². The molecule has 8 heteroatoms. The minimum Gasteiger partial charge on any atom is -0.497 e. The molecule has 0 radical (unpaired) electrons. The van der Waals surface area contributed by atoms with Gasteiger partial charge >= 0.3 is 0 Å². The Morgan fingerprint density at radius 3 is 2.85 bits per heavy atom. The van der Waals surface area contributed by atoms with Gasteiger partial charge in [-0.3, -0.25) is 4.79 Å². The molecule has 8 nitrogen and oxygen atoms in total. The Morgan fingerprint density at radius 2 is 2.12 bits per heavy atom. The normalized spacial score (nSPS) is 16.9. The number of furan rings is 1. The van der Waals surface area contributed by atoms with Crippen LogP contribution < -0.4 is 14.4 Å². The van der Waals surface area contributed by atoms with Crippen LogP contribution in [0.1, 0.15) is 18.2 Å². The lowest BCUT2D eigenvalue weighted by atomic mass is 10.1. The quantitative estimate of drug-likeness (QED) is 0.695. The van der Waals surface area contributed by atoms with Gasteiger partial charge in [-0.2, -0.15) is 4.98 Å². The summed E-state index contributed by atoms with van der Waals surface area (Å²) in [5.74, 6) is 2.33. The van der Waals surface area contributed by atoms with Crippen molar-refractivity contribution in [3.8, 4) is 23.1 Å². The Kier molecular flexibility index (Phi) is 4.08. The number of benzene rings is 1. The van der Waals surface area contributed by atoms with Gasteiger partial charge in [-0.1, -0.05) is 5.16 Å². The van der Waals surface area contributed by atoms with Crippen molar-refractivity contribution in [1.82, 2.24) is 10.1 Å². The standard InChI is InChI=1S/C18H17N3O5/c1-23-12-5-6-13(15(9-12)24-2)21-10-11(8-16(21)22)17-19-18(26-20-17)14-4-3-7-25-14/h3-7,9,11H,8,10H2,1-2H3. The molecular weight excluding hydrogens is 338 g/mol. The summed E-state index contributed by atoms with van der Waals surface area (Å²) in [6, 6.07) is 8.84. The van der Waals surface area contributed by atoms with Crippen LogP contribution >= 0.6 is 0 Å². The van der Waals surface area contributed by atoms with Crippen LogP contribution in [0.4, 0.5) is 5.69 Å². The number of methoxy groups -OCH3 is 2. The Labute approximate surface area is 149 Å². The van der Waals surface area contributed by atoms with Crippen LogP contribution in [0.25, 0.3) is 11.7 Å². The van der Waals surface area contributed by atoms with Crippen LogP contribution in [0, 0.1) is 0 Å². The van der Waals surface area contributed by atoms with Crippen LogP contribution in [0.5, 0.6) is 11.5 Å². The van der Waals surface area contributed by atoms with Gasteiger partial charge in [0, 0.05) is 24.9 Å². The molecule has 1 unspecified atom stereocenters. The van der Waals surface area contributed by atoms with Gasteiger partial charge in [0.15, 0.2) is 11.6 Å². The van der Waals surface area contributed by atoms with Gasteiger partial charge < -0.3 is 23.3 Å². The molecule has 3 aromatic rings. The third-order valence-corrected chi connectivity index (χ3v) is 4.34. The number of carbonyl (C=O) groups is 1. The third kappa shape index (κ3) is 2.79. The fourth-order valence-electron chi connectivity index (χ4n) is 3.02. The van der Waals surface area contributed by atoms with Crippen LogP contribution in [0.15, 0.2) is 45.5 Å². The first-order valence-electron chi connectivity index (χ1n) is 8.09. The Morgan fingerprint density at radius 1 is 1.23 bits per heavy atom. The molecule has 1 amide bonds. The Hall–Kier alpha value is -3.29. The maximum absolute atomic E-state index is 12.6.